The van der Waals surface area contributed by atoms with Crippen molar-refractivity contribution < 1.29 is 22.7 Å². The van der Waals surface area contributed by atoms with E-state index in [-0.39, 0.29) is 23.5 Å². The zero-order valence-corrected chi connectivity index (χ0v) is 16.9. The fourth-order valence-electron chi connectivity index (χ4n) is 3.52. The Hall–Kier alpha value is -2.58. The minimum atomic E-state index is -3.58. The monoisotopic (exact) mass is 416 g/mol. The van der Waals surface area contributed by atoms with E-state index in [0.29, 0.717) is 36.8 Å². The van der Waals surface area contributed by atoms with Crippen molar-refractivity contribution in [2.24, 2.45) is 0 Å². The number of ether oxygens (including phenoxy) is 2. The summed E-state index contributed by atoms with van der Waals surface area (Å²) < 4.78 is 38.7. The smallest absolute Gasteiger partial charge is 0.251 e. The number of nitrogens with one attached hydrogen (secondary N) is 1. The number of piperidine rings is 1. The van der Waals surface area contributed by atoms with Crippen molar-refractivity contribution >= 4 is 15.9 Å². The number of benzene rings is 2. The molecule has 2 aromatic rings. The summed E-state index contributed by atoms with van der Waals surface area (Å²) in [7, 11) is -3.58. The quantitative estimate of drug-likeness (QED) is 0.809. The van der Waals surface area contributed by atoms with E-state index in [0.717, 1.165) is 19.3 Å². The number of hydrogen-bond donors (Lipinski definition) is 1. The zero-order chi connectivity index (χ0) is 20.3. The molecular weight excluding hydrogens is 392 g/mol. The molecule has 0 bridgehead atoms. The molecule has 1 amide bonds. The van der Waals surface area contributed by atoms with Gasteiger partial charge in [0.25, 0.3) is 5.91 Å². The van der Waals surface area contributed by atoms with Crippen LogP contribution in [0.1, 0.15) is 29.6 Å². The largest absolute Gasteiger partial charge is 0.486 e. The molecule has 1 N–H and O–H groups in total. The Kier molecular flexibility index (Phi) is 5.73. The van der Waals surface area contributed by atoms with Crippen LogP contribution in [0.5, 0.6) is 11.5 Å². The van der Waals surface area contributed by atoms with Crippen molar-refractivity contribution in [2.75, 3.05) is 26.2 Å². The molecule has 154 valence electrons. The average Bonchev–Trinajstić information content (AvgIpc) is 2.78. The Bertz CT molecular complexity index is 986. The van der Waals surface area contributed by atoms with Crippen LogP contribution in [-0.2, 0) is 10.0 Å². The van der Waals surface area contributed by atoms with E-state index < -0.39 is 10.0 Å². The summed E-state index contributed by atoms with van der Waals surface area (Å²) in [4.78, 5) is 12.7. The highest BCUT2D eigenvalue weighted by Gasteiger charge is 2.27. The Morgan fingerprint density at radius 2 is 1.79 bits per heavy atom. The van der Waals surface area contributed by atoms with Gasteiger partial charge in [-0.2, -0.15) is 4.31 Å². The second-order valence-electron chi connectivity index (χ2n) is 7.20. The number of carbonyl (C=O) groups excluding carboxylic acids is 1. The highest BCUT2D eigenvalue weighted by Crippen LogP contribution is 2.30. The Balaban J connectivity index is 1.40. The summed E-state index contributed by atoms with van der Waals surface area (Å²) >= 11 is 0. The number of hydrogen-bond acceptors (Lipinski definition) is 5. The van der Waals surface area contributed by atoms with Gasteiger partial charge in [0.15, 0.2) is 11.5 Å². The van der Waals surface area contributed by atoms with Gasteiger partial charge in [0.05, 0.1) is 11.4 Å². The van der Waals surface area contributed by atoms with Gasteiger partial charge in [0.2, 0.25) is 10.0 Å². The molecule has 2 aliphatic rings. The van der Waals surface area contributed by atoms with Gasteiger partial charge in [-0.1, -0.05) is 24.6 Å². The maximum Gasteiger partial charge on any atom is 0.251 e. The van der Waals surface area contributed by atoms with E-state index in [9.17, 15) is 13.2 Å². The van der Waals surface area contributed by atoms with Gasteiger partial charge < -0.3 is 14.8 Å². The molecule has 0 unspecified atom stereocenters. The summed E-state index contributed by atoms with van der Waals surface area (Å²) in [6, 6.07) is 13.6. The summed E-state index contributed by atoms with van der Waals surface area (Å²) in [5.74, 6) is 0.987. The first-order valence-corrected chi connectivity index (χ1v) is 11.2. The molecule has 29 heavy (non-hydrogen) atoms. The summed E-state index contributed by atoms with van der Waals surface area (Å²) in [5.41, 5.74) is 0.306. The van der Waals surface area contributed by atoms with E-state index in [1.54, 1.807) is 12.1 Å². The van der Waals surface area contributed by atoms with Crippen LogP contribution in [0.15, 0.2) is 53.4 Å². The highest BCUT2D eigenvalue weighted by atomic mass is 32.2. The lowest BCUT2D eigenvalue weighted by atomic mass is 10.2. The van der Waals surface area contributed by atoms with Crippen LogP contribution in [0.2, 0.25) is 0 Å². The van der Waals surface area contributed by atoms with Crippen molar-refractivity contribution in [3.05, 3.63) is 54.1 Å². The first-order valence-electron chi connectivity index (χ1n) is 9.81. The molecule has 1 atom stereocenters. The van der Waals surface area contributed by atoms with Gasteiger partial charge in [0, 0.05) is 18.7 Å². The summed E-state index contributed by atoms with van der Waals surface area (Å²) in [6.07, 6.45) is 2.47. The van der Waals surface area contributed by atoms with Crippen LogP contribution in [0.3, 0.4) is 0 Å². The van der Waals surface area contributed by atoms with Crippen LogP contribution >= 0.6 is 0 Å². The van der Waals surface area contributed by atoms with Crippen molar-refractivity contribution in [1.29, 1.82) is 0 Å². The zero-order valence-electron chi connectivity index (χ0n) is 16.0. The van der Waals surface area contributed by atoms with Gasteiger partial charge in [0.1, 0.15) is 12.7 Å². The molecule has 2 aliphatic heterocycles. The van der Waals surface area contributed by atoms with Gasteiger partial charge >= 0.3 is 0 Å². The molecule has 0 saturated carbocycles. The van der Waals surface area contributed by atoms with Crippen molar-refractivity contribution in [3.8, 4) is 11.5 Å². The van der Waals surface area contributed by atoms with Crippen LogP contribution < -0.4 is 14.8 Å². The first-order chi connectivity index (χ1) is 14.0. The second kappa shape index (κ2) is 8.42. The van der Waals surface area contributed by atoms with Crippen molar-refractivity contribution in [3.63, 3.8) is 0 Å². The van der Waals surface area contributed by atoms with E-state index in [1.807, 2.05) is 24.3 Å². The molecule has 8 heteroatoms. The molecule has 0 radical (unpaired) electrons. The van der Waals surface area contributed by atoms with Gasteiger partial charge in [-0.3, -0.25) is 4.79 Å². The Morgan fingerprint density at radius 3 is 2.59 bits per heavy atom. The summed E-state index contributed by atoms with van der Waals surface area (Å²) in [6.45, 7) is 1.65. The average molecular weight is 416 g/mol. The van der Waals surface area contributed by atoms with E-state index in [1.165, 1.54) is 16.4 Å². The first kappa shape index (κ1) is 19.7. The number of amides is 1. The van der Waals surface area contributed by atoms with Crippen molar-refractivity contribution in [2.45, 2.75) is 30.3 Å². The van der Waals surface area contributed by atoms with E-state index in [2.05, 4.69) is 5.32 Å². The third-order valence-corrected chi connectivity index (χ3v) is 7.00. The van der Waals surface area contributed by atoms with Gasteiger partial charge in [-0.05, 0) is 43.2 Å². The third-order valence-electron chi connectivity index (χ3n) is 5.11. The lowest BCUT2D eigenvalue weighted by Crippen LogP contribution is -2.40. The van der Waals surface area contributed by atoms with Crippen molar-refractivity contribution in [1.82, 2.24) is 9.62 Å². The fourth-order valence-corrected chi connectivity index (χ4v) is 5.09. The van der Waals surface area contributed by atoms with Gasteiger partial charge in [-0.15, -0.1) is 0 Å². The predicted molar refractivity (Wildman–Crippen MR) is 108 cm³/mol. The number of fused-ring (bicyclic) bond motifs is 1. The van der Waals surface area contributed by atoms with Gasteiger partial charge in [-0.25, -0.2) is 8.42 Å². The number of rotatable bonds is 5. The predicted octanol–water partition coefficient (Wildman–Crippen LogP) is 2.43. The molecule has 7 nitrogen and oxygen atoms in total. The number of para-hydroxylation sites is 2. The maximum absolute atomic E-state index is 12.8. The topological polar surface area (TPSA) is 84.9 Å². The molecule has 0 aromatic heterocycles. The van der Waals surface area contributed by atoms with Crippen LogP contribution in [0, 0.1) is 0 Å². The number of nitrogens with zero attached hydrogens (tertiary/aromatic N) is 1. The lowest BCUT2D eigenvalue weighted by molar-refractivity contribution is 0.0789. The molecule has 1 saturated heterocycles. The van der Waals surface area contributed by atoms with E-state index >= 15 is 0 Å². The standard InChI is InChI=1S/C21H24N2O5S/c24-21(22-14-17-15-27-19-9-2-3-10-20(19)28-17)16-7-6-8-18(13-16)29(25,26)23-11-4-1-5-12-23/h2-3,6-10,13,17H,1,4-5,11-12,14-15H2,(H,22,24)/t17-/m1/s1. The van der Waals surface area contributed by atoms with Crippen LogP contribution in [-0.4, -0.2) is 51.0 Å². The molecular formula is C21H24N2O5S. The molecule has 0 aliphatic carbocycles. The molecule has 2 aromatic carbocycles. The third kappa shape index (κ3) is 4.38. The lowest BCUT2D eigenvalue weighted by Gasteiger charge is -2.26. The number of carbonyl (C=O) groups is 1. The maximum atomic E-state index is 12.8. The molecule has 0 spiro atoms. The SMILES string of the molecule is O=C(NC[C@@H]1COc2ccccc2O1)c1cccc(S(=O)(=O)N2CCCCC2)c1. The minimum Gasteiger partial charge on any atom is -0.486 e. The molecule has 2 heterocycles. The molecule has 4 rings (SSSR count). The highest BCUT2D eigenvalue weighted by molar-refractivity contribution is 7.89. The minimum absolute atomic E-state index is 0.151. The normalized spacial score (nSPS) is 19.5. The van der Waals surface area contributed by atoms with Crippen LogP contribution in [0.25, 0.3) is 0 Å². The van der Waals surface area contributed by atoms with Crippen LogP contribution in [0.4, 0.5) is 0 Å². The fraction of sp³-hybridized carbons (Fsp3) is 0.381. The summed E-state index contributed by atoms with van der Waals surface area (Å²) in [5, 5.41) is 2.81. The Morgan fingerprint density at radius 1 is 1.03 bits per heavy atom. The van der Waals surface area contributed by atoms with E-state index in [4.69, 9.17) is 9.47 Å². The number of sulfonamides is 1. The Labute approximate surface area is 170 Å². The molecule has 1 fully saturated rings. The second-order valence-corrected chi connectivity index (χ2v) is 9.14.